The van der Waals surface area contributed by atoms with Gasteiger partial charge in [0.1, 0.15) is 17.8 Å². The summed E-state index contributed by atoms with van der Waals surface area (Å²) in [6, 6.07) is 8.85. The Bertz CT molecular complexity index is 1360. The fourth-order valence-corrected chi connectivity index (χ4v) is 5.03. The first-order valence-corrected chi connectivity index (χ1v) is 11.1. The van der Waals surface area contributed by atoms with Gasteiger partial charge in [-0.1, -0.05) is 6.07 Å². The van der Waals surface area contributed by atoms with Crippen molar-refractivity contribution in [2.75, 3.05) is 5.73 Å². The number of amides is 1. The second kappa shape index (κ2) is 6.57. The topological polar surface area (TPSA) is 90.8 Å². The van der Waals surface area contributed by atoms with Gasteiger partial charge >= 0.3 is 0 Å². The summed E-state index contributed by atoms with van der Waals surface area (Å²) in [5.41, 5.74) is 12.6. The van der Waals surface area contributed by atoms with E-state index >= 15 is 0 Å². The maximum Gasteiger partial charge on any atom is 0.251 e. The quantitative estimate of drug-likeness (QED) is 0.529. The number of nitrogens with one attached hydrogen (secondary N) is 1. The molecular formula is C24H26N6O. The molecule has 1 aromatic carbocycles. The molecule has 0 spiro atoms. The van der Waals surface area contributed by atoms with Crippen LogP contribution in [0.3, 0.4) is 0 Å². The van der Waals surface area contributed by atoms with Crippen LogP contribution in [0.15, 0.2) is 30.6 Å². The molecule has 31 heavy (non-hydrogen) atoms. The predicted molar refractivity (Wildman–Crippen MR) is 122 cm³/mol. The number of nitrogens with zero attached hydrogens (tertiary/aromatic N) is 4. The maximum absolute atomic E-state index is 12.6. The van der Waals surface area contributed by atoms with Crippen molar-refractivity contribution in [2.45, 2.75) is 58.2 Å². The van der Waals surface area contributed by atoms with Crippen LogP contribution in [0.2, 0.25) is 0 Å². The van der Waals surface area contributed by atoms with E-state index in [1.807, 2.05) is 12.1 Å². The highest BCUT2D eigenvalue weighted by Gasteiger charge is 2.28. The fourth-order valence-electron chi connectivity index (χ4n) is 5.03. The Kier molecular flexibility index (Phi) is 3.91. The Morgan fingerprint density at radius 1 is 1.23 bits per heavy atom. The second-order valence-electron chi connectivity index (χ2n) is 9.05. The van der Waals surface area contributed by atoms with Gasteiger partial charge < -0.3 is 20.2 Å². The van der Waals surface area contributed by atoms with Gasteiger partial charge in [0, 0.05) is 46.4 Å². The van der Waals surface area contributed by atoms with Gasteiger partial charge in [-0.25, -0.2) is 9.97 Å². The fraction of sp³-hybridized carbons (Fsp3) is 0.375. The number of hydrogen-bond donors (Lipinski definition) is 2. The smallest absolute Gasteiger partial charge is 0.251 e. The summed E-state index contributed by atoms with van der Waals surface area (Å²) in [4.78, 5) is 21.5. The van der Waals surface area contributed by atoms with E-state index in [-0.39, 0.29) is 11.9 Å². The molecule has 158 valence electrons. The number of hydrogen-bond acceptors (Lipinski definition) is 4. The minimum absolute atomic E-state index is 0.0170. The normalized spacial score (nSPS) is 15.8. The third-order valence-electron chi connectivity index (χ3n) is 6.56. The van der Waals surface area contributed by atoms with Gasteiger partial charge in [-0.3, -0.25) is 4.79 Å². The van der Waals surface area contributed by atoms with Crippen molar-refractivity contribution in [3.63, 3.8) is 0 Å². The van der Waals surface area contributed by atoms with Gasteiger partial charge in [0.25, 0.3) is 5.91 Å². The van der Waals surface area contributed by atoms with Gasteiger partial charge in [0.05, 0.1) is 11.1 Å². The van der Waals surface area contributed by atoms with Gasteiger partial charge in [-0.05, 0) is 57.7 Å². The molecule has 3 N–H and O–H groups in total. The Labute approximate surface area is 180 Å². The van der Waals surface area contributed by atoms with Crippen LogP contribution in [-0.4, -0.2) is 31.1 Å². The molecule has 0 saturated heterocycles. The molecular weight excluding hydrogens is 388 g/mol. The van der Waals surface area contributed by atoms with Gasteiger partial charge in [-0.2, -0.15) is 0 Å². The Morgan fingerprint density at radius 2 is 2.06 bits per heavy atom. The van der Waals surface area contributed by atoms with Crippen molar-refractivity contribution in [3.8, 4) is 11.3 Å². The average molecular weight is 415 g/mol. The predicted octanol–water partition coefficient (Wildman–Crippen LogP) is 4.05. The highest BCUT2D eigenvalue weighted by atomic mass is 16.1. The second-order valence-corrected chi connectivity index (χ2v) is 9.05. The van der Waals surface area contributed by atoms with Crippen LogP contribution in [0.25, 0.3) is 33.2 Å². The molecule has 7 nitrogen and oxygen atoms in total. The molecule has 4 aromatic rings. The first kappa shape index (κ1) is 18.4. The molecule has 0 bridgehead atoms. The number of fused-ring (bicyclic) bond motifs is 7. The van der Waals surface area contributed by atoms with E-state index < -0.39 is 0 Å². The van der Waals surface area contributed by atoms with Gasteiger partial charge in [0.2, 0.25) is 0 Å². The lowest BCUT2D eigenvalue weighted by atomic mass is 10.1. The molecule has 6 rings (SSSR count). The Hall–Kier alpha value is -3.35. The first-order valence-electron chi connectivity index (χ1n) is 11.1. The molecule has 0 unspecified atom stereocenters. The number of nitrogen functional groups attached to an aromatic ring is 1. The Morgan fingerprint density at radius 3 is 2.84 bits per heavy atom. The van der Waals surface area contributed by atoms with Gasteiger partial charge in [0.15, 0.2) is 0 Å². The van der Waals surface area contributed by atoms with Crippen molar-refractivity contribution in [1.29, 1.82) is 0 Å². The zero-order valence-electron chi connectivity index (χ0n) is 17.9. The van der Waals surface area contributed by atoms with Crippen molar-refractivity contribution in [1.82, 2.24) is 24.4 Å². The van der Waals surface area contributed by atoms with Crippen LogP contribution in [-0.2, 0) is 13.0 Å². The molecule has 0 atom stereocenters. The van der Waals surface area contributed by atoms with Crippen molar-refractivity contribution in [3.05, 3.63) is 41.9 Å². The third kappa shape index (κ3) is 2.76. The highest BCUT2D eigenvalue weighted by Crippen LogP contribution is 2.42. The summed E-state index contributed by atoms with van der Waals surface area (Å²) in [7, 11) is 0. The lowest BCUT2D eigenvalue weighted by molar-refractivity contribution is 0.0951. The lowest BCUT2D eigenvalue weighted by Gasteiger charge is -2.13. The number of aromatic nitrogens is 4. The molecule has 1 saturated carbocycles. The highest BCUT2D eigenvalue weighted by molar-refractivity contribution is 6.05. The molecule has 2 aliphatic rings. The first-order chi connectivity index (χ1) is 15.0. The van der Waals surface area contributed by atoms with E-state index in [1.165, 1.54) is 5.69 Å². The van der Waals surface area contributed by atoms with E-state index in [0.717, 1.165) is 71.0 Å². The number of carbonyl (C=O) groups excluding carboxylic acids is 1. The minimum atomic E-state index is 0.0170. The van der Waals surface area contributed by atoms with Crippen LogP contribution in [0.5, 0.6) is 0 Å². The molecule has 1 aliphatic carbocycles. The summed E-state index contributed by atoms with van der Waals surface area (Å²) in [5.74, 6) is 0.534. The number of rotatable bonds is 3. The molecule has 7 heteroatoms. The van der Waals surface area contributed by atoms with E-state index in [4.69, 9.17) is 5.73 Å². The van der Waals surface area contributed by atoms with Crippen LogP contribution in [0.4, 0.5) is 5.82 Å². The van der Waals surface area contributed by atoms with Crippen molar-refractivity contribution >= 4 is 33.7 Å². The number of anilines is 1. The summed E-state index contributed by atoms with van der Waals surface area (Å²) in [6.07, 6.45) is 5.69. The molecule has 1 aliphatic heterocycles. The van der Waals surface area contributed by atoms with Crippen molar-refractivity contribution in [2.24, 2.45) is 0 Å². The number of nitrogens with two attached hydrogens (primary N) is 1. The van der Waals surface area contributed by atoms with E-state index in [2.05, 4.69) is 50.4 Å². The van der Waals surface area contributed by atoms with Crippen LogP contribution < -0.4 is 11.1 Å². The molecule has 1 fully saturated rings. The standard InChI is InChI=1S/C24H26N6O/c1-13(2)30-17-4-3-9-29-18-11-15(24(31)28-16-7-8-16)6-5-14(18)10-19(29)20(17)21-22(25)26-12-27-23(21)30/h5-6,10-13,16H,3-4,7-9H2,1-2H3,(H,28,31)(H2,25,26,27). The zero-order chi connectivity index (χ0) is 21.3. The monoisotopic (exact) mass is 414 g/mol. The summed E-state index contributed by atoms with van der Waals surface area (Å²) >= 11 is 0. The largest absolute Gasteiger partial charge is 0.383 e. The van der Waals surface area contributed by atoms with Gasteiger partial charge in [-0.15, -0.1) is 0 Å². The molecule has 3 aromatic heterocycles. The van der Waals surface area contributed by atoms with Crippen LogP contribution >= 0.6 is 0 Å². The van der Waals surface area contributed by atoms with E-state index in [1.54, 1.807) is 6.33 Å². The number of benzene rings is 1. The van der Waals surface area contributed by atoms with Crippen LogP contribution in [0, 0.1) is 0 Å². The zero-order valence-corrected chi connectivity index (χ0v) is 17.9. The summed E-state index contributed by atoms with van der Waals surface area (Å²) < 4.78 is 4.65. The van der Waals surface area contributed by atoms with Crippen molar-refractivity contribution < 1.29 is 4.79 Å². The Balaban J connectivity index is 1.60. The molecule has 4 heterocycles. The molecule has 0 radical (unpaired) electrons. The number of aryl methyl sites for hydroxylation is 1. The maximum atomic E-state index is 12.6. The van der Waals surface area contributed by atoms with E-state index in [0.29, 0.717) is 11.9 Å². The van der Waals surface area contributed by atoms with Crippen LogP contribution in [0.1, 0.15) is 55.2 Å². The van der Waals surface area contributed by atoms with E-state index in [9.17, 15) is 4.79 Å². The minimum Gasteiger partial charge on any atom is -0.383 e. The lowest BCUT2D eigenvalue weighted by Crippen LogP contribution is -2.25. The summed E-state index contributed by atoms with van der Waals surface area (Å²) in [5, 5.41) is 5.16. The summed E-state index contributed by atoms with van der Waals surface area (Å²) in [6.45, 7) is 5.26. The third-order valence-corrected chi connectivity index (χ3v) is 6.56. The SMILES string of the molecule is CC(C)n1c2c(c3c(N)ncnc31)-c1cc3ccc(C(=O)NC4CC4)cc3n1CCC2. The number of carbonyl (C=O) groups is 1. The molecule has 1 amide bonds. The average Bonchev–Trinajstić information content (AvgIpc) is 3.43.